The summed E-state index contributed by atoms with van der Waals surface area (Å²) in [6, 6.07) is 10.3. The molecule has 6 heteroatoms. The van der Waals surface area contributed by atoms with Crippen molar-refractivity contribution in [2.24, 2.45) is 0 Å². The fraction of sp³-hybridized carbons (Fsp3) is 0.143. The molecule has 0 bridgehead atoms. The van der Waals surface area contributed by atoms with E-state index in [-0.39, 0.29) is 0 Å². The van der Waals surface area contributed by atoms with Crippen molar-refractivity contribution in [1.29, 1.82) is 0 Å². The molecule has 0 unspecified atom stereocenters. The lowest BCUT2D eigenvalue weighted by Gasteiger charge is -1.98. The van der Waals surface area contributed by atoms with E-state index in [1.807, 2.05) is 24.4 Å². The smallest absolute Gasteiger partial charge is 0.277 e. The van der Waals surface area contributed by atoms with Gasteiger partial charge in [0.1, 0.15) is 0 Å². The average Bonchev–Trinajstić information content (AvgIpc) is 3.05. The highest BCUT2D eigenvalue weighted by Crippen LogP contribution is 2.31. The van der Waals surface area contributed by atoms with Crippen molar-refractivity contribution in [2.75, 3.05) is 0 Å². The van der Waals surface area contributed by atoms with Gasteiger partial charge in [-0.15, -0.1) is 21.5 Å². The van der Waals surface area contributed by atoms with E-state index in [0.717, 1.165) is 15.1 Å². The molecule has 2 heterocycles. The fourth-order valence-corrected chi connectivity index (χ4v) is 3.72. The van der Waals surface area contributed by atoms with E-state index in [1.54, 1.807) is 23.1 Å². The van der Waals surface area contributed by atoms with E-state index in [9.17, 15) is 0 Å². The van der Waals surface area contributed by atoms with Crippen molar-refractivity contribution in [3.63, 3.8) is 0 Å². The standard InChI is InChI=1S/C14H11BrN2OS2/c1-9-5-6-19-12(9)13-16-17-14(18-13)20-8-10-3-2-4-11(15)7-10/h2-7H,8H2,1H3. The van der Waals surface area contributed by atoms with Crippen LogP contribution in [-0.4, -0.2) is 10.2 Å². The van der Waals surface area contributed by atoms with Crippen molar-refractivity contribution >= 4 is 39.0 Å². The number of hydrogen-bond acceptors (Lipinski definition) is 5. The van der Waals surface area contributed by atoms with E-state index in [0.29, 0.717) is 11.1 Å². The summed E-state index contributed by atoms with van der Waals surface area (Å²) in [5.41, 5.74) is 2.39. The van der Waals surface area contributed by atoms with Crippen LogP contribution in [-0.2, 0) is 5.75 Å². The topological polar surface area (TPSA) is 38.9 Å². The number of thiophene rings is 1. The van der Waals surface area contributed by atoms with Crippen molar-refractivity contribution in [2.45, 2.75) is 17.9 Å². The van der Waals surface area contributed by atoms with E-state index in [4.69, 9.17) is 4.42 Å². The van der Waals surface area contributed by atoms with Crippen molar-refractivity contribution < 1.29 is 4.42 Å². The molecule has 0 radical (unpaired) electrons. The third kappa shape index (κ3) is 3.13. The van der Waals surface area contributed by atoms with Gasteiger partial charge in [0.15, 0.2) is 0 Å². The third-order valence-electron chi connectivity index (χ3n) is 2.71. The summed E-state index contributed by atoms with van der Waals surface area (Å²) in [5, 5.41) is 10.8. The molecule has 0 aliphatic rings. The highest BCUT2D eigenvalue weighted by Gasteiger charge is 2.12. The number of benzene rings is 1. The molecular formula is C14H11BrN2OS2. The first kappa shape index (κ1) is 13.9. The molecule has 3 nitrogen and oxygen atoms in total. The third-order valence-corrected chi connectivity index (χ3v) is 5.10. The van der Waals surface area contributed by atoms with Crippen molar-refractivity contribution in [1.82, 2.24) is 10.2 Å². The number of aromatic nitrogens is 2. The van der Waals surface area contributed by atoms with E-state index >= 15 is 0 Å². The summed E-state index contributed by atoms with van der Waals surface area (Å²) in [6.45, 7) is 2.05. The van der Waals surface area contributed by atoms with Crippen LogP contribution in [0, 0.1) is 6.92 Å². The molecule has 20 heavy (non-hydrogen) atoms. The van der Waals surface area contributed by atoms with E-state index in [2.05, 4.69) is 44.3 Å². The minimum Gasteiger partial charge on any atom is -0.410 e. The highest BCUT2D eigenvalue weighted by molar-refractivity contribution is 9.10. The fourth-order valence-electron chi connectivity index (χ4n) is 1.72. The Bertz CT molecular complexity index is 723. The van der Waals surface area contributed by atoms with Crippen LogP contribution in [0.4, 0.5) is 0 Å². The lowest BCUT2D eigenvalue weighted by atomic mass is 10.2. The zero-order valence-electron chi connectivity index (χ0n) is 10.7. The number of aryl methyl sites for hydroxylation is 1. The van der Waals surface area contributed by atoms with Crippen LogP contribution < -0.4 is 0 Å². The second-order valence-electron chi connectivity index (χ2n) is 4.22. The van der Waals surface area contributed by atoms with E-state index in [1.165, 1.54) is 11.1 Å². The van der Waals surface area contributed by atoms with Crippen LogP contribution in [0.2, 0.25) is 0 Å². The molecule has 3 rings (SSSR count). The summed E-state index contributed by atoms with van der Waals surface area (Å²) >= 11 is 6.64. The maximum atomic E-state index is 5.70. The van der Waals surface area contributed by atoms with Gasteiger partial charge in [-0.1, -0.05) is 39.8 Å². The molecule has 0 amide bonds. The molecule has 2 aromatic heterocycles. The number of nitrogens with zero attached hydrogens (tertiary/aromatic N) is 2. The number of halogens is 1. The summed E-state index contributed by atoms with van der Waals surface area (Å²) in [4.78, 5) is 1.05. The highest BCUT2D eigenvalue weighted by atomic mass is 79.9. The van der Waals surface area contributed by atoms with Crippen LogP contribution in [0.25, 0.3) is 10.8 Å². The summed E-state index contributed by atoms with van der Waals surface area (Å²) in [6.07, 6.45) is 0. The number of rotatable bonds is 4. The van der Waals surface area contributed by atoms with Crippen LogP contribution in [0.1, 0.15) is 11.1 Å². The summed E-state index contributed by atoms with van der Waals surface area (Å²) in [7, 11) is 0. The zero-order chi connectivity index (χ0) is 13.9. The Hall–Kier alpha value is -1.11. The molecule has 3 aromatic rings. The van der Waals surface area contributed by atoms with Crippen LogP contribution >= 0.6 is 39.0 Å². The lowest BCUT2D eigenvalue weighted by Crippen LogP contribution is -1.80. The predicted molar refractivity (Wildman–Crippen MR) is 86.1 cm³/mol. The van der Waals surface area contributed by atoms with Gasteiger partial charge in [0.2, 0.25) is 0 Å². The average molecular weight is 367 g/mol. The van der Waals surface area contributed by atoms with Crippen LogP contribution in [0.15, 0.2) is 49.8 Å². The molecule has 0 N–H and O–H groups in total. The van der Waals surface area contributed by atoms with Crippen LogP contribution in [0.5, 0.6) is 0 Å². The first-order chi connectivity index (χ1) is 9.72. The van der Waals surface area contributed by atoms with Crippen molar-refractivity contribution in [3.8, 4) is 10.8 Å². The molecule has 102 valence electrons. The second kappa shape index (κ2) is 6.11. The molecule has 0 aliphatic heterocycles. The van der Waals surface area contributed by atoms with Gasteiger partial charge in [0.05, 0.1) is 4.88 Å². The second-order valence-corrected chi connectivity index (χ2v) is 6.98. The summed E-state index contributed by atoms with van der Waals surface area (Å²) < 4.78 is 6.78. The first-order valence-corrected chi connectivity index (χ1v) is 8.63. The number of thioether (sulfide) groups is 1. The molecule has 0 fully saturated rings. The molecule has 0 aliphatic carbocycles. The molecule has 0 atom stereocenters. The molecule has 1 aromatic carbocycles. The Morgan fingerprint density at radius 2 is 2.20 bits per heavy atom. The largest absolute Gasteiger partial charge is 0.410 e. The van der Waals surface area contributed by atoms with Gasteiger partial charge in [-0.3, -0.25) is 0 Å². The Balaban J connectivity index is 1.70. The lowest BCUT2D eigenvalue weighted by molar-refractivity contribution is 0.466. The van der Waals surface area contributed by atoms with Gasteiger partial charge in [-0.05, 0) is 41.6 Å². The van der Waals surface area contributed by atoms with Gasteiger partial charge >= 0.3 is 0 Å². The normalized spacial score (nSPS) is 10.9. The molecule has 0 saturated carbocycles. The van der Waals surface area contributed by atoms with Gasteiger partial charge in [-0.2, -0.15) is 0 Å². The quantitative estimate of drug-likeness (QED) is 0.597. The molecule has 0 saturated heterocycles. The van der Waals surface area contributed by atoms with Gasteiger partial charge in [0.25, 0.3) is 11.1 Å². The Labute approximate surface area is 133 Å². The maximum absolute atomic E-state index is 5.70. The predicted octanol–water partition coefficient (Wildman–Crippen LogP) is 5.16. The Morgan fingerprint density at radius 1 is 1.30 bits per heavy atom. The molecule has 0 spiro atoms. The monoisotopic (exact) mass is 366 g/mol. The van der Waals surface area contributed by atoms with Gasteiger partial charge in [0, 0.05) is 10.2 Å². The minimum atomic E-state index is 0.604. The minimum absolute atomic E-state index is 0.604. The van der Waals surface area contributed by atoms with Gasteiger partial charge < -0.3 is 4.42 Å². The van der Waals surface area contributed by atoms with E-state index < -0.39 is 0 Å². The van der Waals surface area contributed by atoms with Gasteiger partial charge in [-0.25, -0.2) is 0 Å². The van der Waals surface area contributed by atoms with Crippen LogP contribution in [0.3, 0.4) is 0 Å². The number of hydrogen-bond donors (Lipinski definition) is 0. The summed E-state index contributed by atoms with van der Waals surface area (Å²) in [5.74, 6) is 1.42. The first-order valence-electron chi connectivity index (χ1n) is 5.97. The maximum Gasteiger partial charge on any atom is 0.277 e. The zero-order valence-corrected chi connectivity index (χ0v) is 13.9. The Kier molecular flexibility index (Phi) is 4.24. The Morgan fingerprint density at radius 3 is 2.95 bits per heavy atom. The van der Waals surface area contributed by atoms with Crippen molar-refractivity contribution in [3.05, 3.63) is 51.3 Å². The molecular weight excluding hydrogens is 356 g/mol. The SMILES string of the molecule is Cc1ccsc1-c1nnc(SCc2cccc(Br)c2)o1.